The number of rotatable bonds is 9. The second-order valence-electron chi connectivity index (χ2n) is 6.39. The number of anilines is 1. The van der Waals surface area contributed by atoms with E-state index in [0.29, 0.717) is 34.0 Å². The molecule has 0 aliphatic rings. The van der Waals surface area contributed by atoms with Gasteiger partial charge in [0.25, 0.3) is 0 Å². The maximum Gasteiger partial charge on any atom is 0.234 e. The molecule has 6 nitrogen and oxygen atoms in total. The van der Waals surface area contributed by atoms with Gasteiger partial charge in [0.1, 0.15) is 11.6 Å². The number of allylic oxidation sites excluding steroid dienone is 1. The fraction of sp³-hybridized carbons (Fsp3) is 0.190. The molecule has 1 amide bonds. The van der Waals surface area contributed by atoms with Crippen molar-refractivity contribution < 1.29 is 13.9 Å². The summed E-state index contributed by atoms with van der Waals surface area (Å²) in [4.78, 5) is 12.3. The second-order valence-corrected chi connectivity index (χ2v) is 8.15. The predicted octanol–water partition coefficient (Wildman–Crippen LogP) is 5.78. The van der Waals surface area contributed by atoms with Gasteiger partial charge in [0.15, 0.2) is 17.1 Å². The van der Waals surface area contributed by atoms with Gasteiger partial charge in [-0.15, -0.1) is 16.8 Å². The Morgan fingerprint density at radius 2 is 2.06 bits per heavy atom. The Hall–Kier alpha value is -2.55. The minimum Gasteiger partial charge on any atom is -0.481 e. The number of nitrogens with one attached hydrogen (secondary N) is 1. The zero-order valence-electron chi connectivity index (χ0n) is 16.5. The lowest BCUT2D eigenvalue weighted by molar-refractivity contribution is -0.113. The van der Waals surface area contributed by atoms with E-state index < -0.39 is 11.9 Å². The van der Waals surface area contributed by atoms with Crippen LogP contribution in [0.4, 0.5) is 10.1 Å². The third kappa shape index (κ3) is 6.00. The molecule has 3 rings (SSSR count). The fourth-order valence-electron chi connectivity index (χ4n) is 2.70. The molecule has 31 heavy (non-hydrogen) atoms. The van der Waals surface area contributed by atoms with Crippen LogP contribution in [0.1, 0.15) is 18.9 Å². The largest absolute Gasteiger partial charge is 0.481 e. The van der Waals surface area contributed by atoms with E-state index in [4.69, 9.17) is 27.9 Å². The number of ether oxygens (including phenoxy) is 1. The van der Waals surface area contributed by atoms with E-state index >= 15 is 0 Å². The van der Waals surface area contributed by atoms with Gasteiger partial charge in [0, 0.05) is 6.54 Å². The quantitative estimate of drug-likeness (QED) is 0.310. The van der Waals surface area contributed by atoms with Gasteiger partial charge in [0.2, 0.25) is 5.91 Å². The van der Waals surface area contributed by atoms with Crippen LogP contribution < -0.4 is 10.1 Å². The van der Waals surface area contributed by atoms with Crippen LogP contribution >= 0.6 is 35.0 Å². The van der Waals surface area contributed by atoms with Crippen molar-refractivity contribution in [2.45, 2.75) is 24.7 Å². The first kappa shape index (κ1) is 23.1. The number of para-hydroxylation sites is 1. The number of halogens is 3. The van der Waals surface area contributed by atoms with Crippen LogP contribution in [0.2, 0.25) is 10.0 Å². The number of carbonyl (C=O) groups is 1. The highest BCUT2D eigenvalue weighted by molar-refractivity contribution is 7.99. The lowest BCUT2D eigenvalue weighted by Crippen LogP contribution is -2.16. The molecule has 1 N–H and O–H groups in total. The predicted molar refractivity (Wildman–Crippen MR) is 121 cm³/mol. The van der Waals surface area contributed by atoms with E-state index in [2.05, 4.69) is 22.1 Å². The van der Waals surface area contributed by atoms with Crippen LogP contribution in [0.25, 0.3) is 0 Å². The molecule has 1 heterocycles. The molecular formula is C21H19Cl2FN4O2S. The Labute approximate surface area is 193 Å². The van der Waals surface area contributed by atoms with Crippen molar-refractivity contribution >= 4 is 46.6 Å². The molecule has 10 heteroatoms. The summed E-state index contributed by atoms with van der Waals surface area (Å²) >= 11 is 13.3. The van der Waals surface area contributed by atoms with Crippen molar-refractivity contribution in [2.75, 3.05) is 11.1 Å². The van der Waals surface area contributed by atoms with Gasteiger partial charge < -0.3 is 10.1 Å². The Morgan fingerprint density at radius 3 is 2.77 bits per heavy atom. The molecule has 0 saturated heterocycles. The summed E-state index contributed by atoms with van der Waals surface area (Å²) in [6, 6.07) is 10.9. The van der Waals surface area contributed by atoms with Crippen LogP contribution in [0, 0.1) is 5.82 Å². The van der Waals surface area contributed by atoms with Gasteiger partial charge in [0.05, 0.1) is 21.5 Å². The van der Waals surface area contributed by atoms with Crippen LogP contribution in [-0.4, -0.2) is 26.4 Å². The minimum atomic E-state index is -0.476. The molecule has 2 aromatic carbocycles. The average molecular weight is 481 g/mol. The summed E-state index contributed by atoms with van der Waals surface area (Å²) in [7, 11) is 0. The van der Waals surface area contributed by atoms with Gasteiger partial charge in [-0.2, -0.15) is 0 Å². The molecule has 0 fully saturated rings. The van der Waals surface area contributed by atoms with Crippen molar-refractivity contribution in [1.29, 1.82) is 0 Å². The normalized spacial score (nSPS) is 11.7. The van der Waals surface area contributed by atoms with E-state index in [9.17, 15) is 9.18 Å². The molecule has 1 unspecified atom stereocenters. The van der Waals surface area contributed by atoms with E-state index in [1.165, 1.54) is 23.9 Å². The number of nitrogens with zero attached hydrogens (tertiary/aromatic N) is 3. The molecule has 0 aliphatic heterocycles. The van der Waals surface area contributed by atoms with Gasteiger partial charge in [-0.1, -0.05) is 53.2 Å². The molecule has 0 radical (unpaired) electrons. The third-order valence-corrected chi connectivity index (χ3v) is 5.69. The molecular weight excluding hydrogens is 462 g/mol. The maximum absolute atomic E-state index is 13.2. The Morgan fingerprint density at radius 1 is 1.29 bits per heavy atom. The Balaban J connectivity index is 1.69. The summed E-state index contributed by atoms with van der Waals surface area (Å²) in [6.07, 6.45) is 1.27. The number of hydrogen-bond acceptors (Lipinski definition) is 5. The van der Waals surface area contributed by atoms with Crippen molar-refractivity contribution in [3.8, 4) is 5.75 Å². The number of hydrogen-bond donors (Lipinski definition) is 1. The number of benzene rings is 2. The van der Waals surface area contributed by atoms with E-state index in [1.54, 1.807) is 18.2 Å². The molecule has 162 valence electrons. The molecule has 0 spiro atoms. The summed E-state index contributed by atoms with van der Waals surface area (Å²) in [6.45, 7) is 6.05. The van der Waals surface area contributed by atoms with Gasteiger partial charge in [-0.05, 0) is 37.3 Å². The van der Waals surface area contributed by atoms with Crippen molar-refractivity contribution in [3.05, 3.63) is 76.8 Å². The zero-order chi connectivity index (χ0) is 22.4. The number of thioether (sulfide) groups is 1. The van der Waals surface area contributed by atoms with Crippen LogP contribution in [-0.2, 0) is 11.3 Å². The first-order valence-electron chi connectivity index (χ1n) is 9.22. The lowest BCUT2D eigenvalue weighted by Gasteiger charge is -2.16. The van der Waals surface area contributed by atoms with Crippen molar-refractivity contribution in [1.82, 2.24) is 14.8 Å². The van der Waals surface area contributed by atoms with Gasteiger partial charge in [-0.3, -0.25) is 9.36 Å². The molecule has 3 aromatic rings. The molecule has 1 atom stereocenters. The Kier molecular flexibility index (Phi) is 7.95. The number of carbonyl (C=O) groups excluding carboxylic acids is 1. The molecule has 1 aromatic heterocycles. The first-order valence-corrected chi connectivity index (χ1v) is 11.0. The second kappa shape index (κ2) is 10.7. The highest BCUT2D eigenvalue weighted by Gasteiger charge is 2.20. The monoisotopic (exact) mass is 480 g/mol. The van der Waals surface area contributed by atoms with E-state index in [1.807, 2.05) is 23.6 Å². The van der Waals surface area contributed by atoms with E-state index in [-0.39, 0.29) is 16.7 Å². The maximum atomic E-state index is 13.2. The van der Waals surface area contributed by atoms with Gasteiger partial charge >= 0.3 is 0 Å². The Bertz CT molecular complexity index is 1090. The average Bonchev–Trinajstić information content (AvgIpc) is 3.13. The van der Waals surface area contributed by atoms with Crippen LogP contribution in [0.15, 0.2) is 60.3 Å². The van der Waals surface area contributed by atoms with Gasteiger partial charge in [-0.25, -0.2) is 4.39 Å². The fourth-order valence-corrected chi connectivity index (χ4v) is 3.85. The number of aromatic nitrogens is 3. The summed E-state index contributed by atoms with van der Waals surface area (Å²) in [5.74, 6) is 0.381. The smallest absolute Gasteiger partial charge is 0.234 e. The highest BCUT2D eigenvalue weighted by atomic mass is 35.5. The van der Waals surface area contributed by atoms with E-state index in [0.717, 1.165) is 6.07 Å². The highest BCUT2D eigenvalue weighted by Crippen LogP contribution is 2.29. The number of amides is 1. The SMILES string of the molecule is C=CCn1c(SCC(=O)Nc2ccc(F)cc2Cl)nnc1C(C)Oc1ccccc1Cl. The zero-order valence-corrected chi connectivity index (χ0v) is 18.8. The van der Waals surface area contributed by atoms with Crippen LogP contribution in [0.5, 0.6) is 5.75 Å². The van der Waals surface area contributed by atoms with Crippen LogP contribution in [0.3, 0.4) is 0 Å². The molecule has 0 aliphatic carbocycles. The molecule has 0 saturated carbocycles. The van der Waals surface area contributed by atoms with Crippen molar-refractivity contribution in [3.63, 3.8) is 0 Å². The minimum absolute atomic E-state index is 0.0583. The van der Waals surface area contributed by atoms with Crippen molar-refractivity contribution in [2.24, 2.45) is 0 Å². The summed E-state index contributed by atoms with van der Waals surface area (Å²) in [5, 5.41) is 12.2. The summed E-state index contributed by atoms with van der Waals surface area (Å²) < 4.78 is 20.9. The summed E-state index contributed by atoms with van der Waals surface area (Å²) in [5.41, 5.74) is 0.337. The topological polar surface area (TPSA) is 69.0 Å². The first-order chi connectivity index (χ1) is 14.9. The lowest BCUT2D eigenvalue weighted by atomic mass is 10.3. The molecule has 0 bridgehead atoms. The third-order valence-electron chi connectivity index (χ3n) is 4.10. The standard InChI is InChI=1S/C21H19Cl2FN4O2S/c1-3-10-28-20(13(2)30-18-7-5-4-6-15(18)22)26-27-21(28)31-12-19(29)25-17-9-8-14(24)11-16(17)23/h3-9,11,13H,1,10,12H2,2H3,(H,25,29).